The summed E-state index contributed by atoms with van der Waals surface area (Å²) >= 11 is 0. The van der Waals surface area contributed by atoms with Gasteiger partial charge in [0.25, 0.3) is 0 Å². The molecule has 35 heavy (non-hydrogen) atoms. The van der Waals surface area contributed by atoms with Crippen molar-refractivity contribution >= 4 is 23.6 Å². The predicted molar refractivity (Wildman–Crippen MR) is 136 cm³/mol. The maximum absolute atomic E-state index is 13.7. The van der Waals surface area contributed by atoms with Gasteiger partial charge in [0.2, 0.25) is 11.8 Å². The van der Waals surface area contributed by atoms with Gasteiger partial charge >= 0.3 is 6.09 Å². The van der Waals surface area contributed by atoms with E-state index in [1.807, 2.05) is 48.8 Å². The lowest BCUT2D eigenvalue weighted by molar-refractivity contribution is -0.144. The molecule has 1 saturated heterocycles. The zero-order valence-corrected chi connectivity index (χ0v) is 21.8. The topological polar surface area (TPSA) is 70.2 Å². The van der Waals surface area contributed by atoms with Gasteiger partial charge in [-0.25, -0.2) is 4.79 Å². The first-order valence-electron chi connectivity index (χ1n) is 13.3. The molecule has 1 saturated carbocycles. The Hall–Kier alpha value is -2.57. The zero-order chi connectivity index (χ0) is 25.2. The minimum absolute atomic E-state index is 0.117. The van der Waals surface area contributed by atoms with E-state index in [4.69, 9.17) is 4.74 Å². The number of carbonyl (C=O) groups is 3. The Morgan fingerprint density at radius 1 is 0.971 bits per heavy atom. The highest BCUT2D eigenvalue weighted by molar-refractivity contribution is 5.99. The first-order valence-corrected chi connectivity index (χ1v) is 13.3. The lowest BCUT2D eigenvalue weighted by atomic mass is 9.77. The van der Waals surface area contributed by atoms with Crippen molar-refractivity contribution in [2.24, 2.45) is 17.8 Å². The maximum Gasteiger partial charge on any atom is 0.410 e. The van der Waals surface area contributed by atoms with Crippen molar-refractivity contribution in [2.75, 3.05) is 38.1 Å². The van der Waals surface area contributed by atoms with Gasteiger partial charge in [-0.2, -0.15) is 0 Å². The number of carbonyl (C=O) groups excluding carboxylic acids is 3. The Morgan fingerprint density at radius 2 is 1.66 bits per heavy atom. The largest absolute Gasteiger partial charge is 0.444 e. The fourth-order valence-electron chi connectivity index (χ4n) is 5.94. The molecule has 3 amide bonds. The first-order chi connectivity index (χ1) is 16.6. The molecule has 7 heteroatoms. The molecule has 0 aromatic heterocycles. The highest BCUT2D eigenvalue weighted by atomic mass is 16.6. The normalized spacial score (nSPS) is 24.6. The molecule has 1 aliphatic carbocycles. The molecular formula is C28H41N3O4. The fraction of sp³-hybridized carbons (Fsp3) is 0.679. The number of hydrogen-bond donors (Lipinski definition) is 0. The molecule has 0 bridgehead atoms. The second kappa shape index (κ2) is 10.6. The second-order valence-electron chi connectivity index (χ2n) is 11.5. The van der Waals surface area contributed by atoms with Crippen LogP contribution < -0.4 is 4.90 Å². The quantitative estimate of drug-likeness (QED) is 0.633. The van der Waals surface area contributed by atoms with E-state index < -0.39 is 5.60 Å². The summed E-state index contributed by atoms with van der Waals surface area (Å²) in [5.74, 6) is -0.0293. The Morgan fingerprint density at radius 3 is 2.37 bits per heavy atom. The van der Waals surface area contributed by atoms with Gasteiger partial charge in [0.05, 0.1) is 5.92 Å². The van der Waals surface area contributed by atoms with E-state index in [0.29, 0.717) is 19.6 Å². The standard InChI is InChI=1S/C28H41N3O4/c1-28(2,3)35-27(34)29(4)18-20-10-9-16-30(19-20)25(32)22-12-6-7-13-23(22)26(33)31-17-15-21-11-5-8-14-24(21)31/h5,8,11,14,20,22-23H,6-7,9-10,12-13,15-19H2,1-4H3. The van der Waals surface area contributed by atoms with Crippen LogP contribution in [0.1, 0.15) is 64.9 Å². The van der Waals surface area contributed by atoms with Crippen molar-refractivity contribution in [2.45, 2.75) is 71.3 Å². The van der Waals surface area contributed by atoms with Crippen LogP contribution in [-0.4, -0.2) is 66.5 Å². The average Bonchev–Trinajstić information content (AvgIpc) is 3.26. The van der Waals surface area contributed by atoms with E-state index in [1.54, 1.807) is 11.9 Å². The van der Waals surface area contributed by atoms with E-state index in [9.17, 15) is 14.4 Å². The van der Waals surface area contributed by atoms with Crippen molar-refractivity contribution in [3.8, 4) is 0 Å². The summed E-state index contributed by atoms with van der Waals surface area (Å²) in [6.45, 7) is 8.23. The fourth-order valence-corrected chi connectivity index (χ4v) is 5.94. The van der Waals surface area contributed by atoms with E-state index in [0.717, 1.165) is 57.2 Å². The number of likely N-dealkylation sites (tertiary alicyclic amines) is 1. The average molecular weight is 484 g/mol. The van der Waals surface area contributed by atoms with Gasteiger partial charge < -0.3 is 19.4 Å². The van der Waals surface area contributed by atoms with Crippen LogP contribution in [0.2, 0.25) is 0 Å². The first kappa shape index (κ1) is 25.5. The molecule has 1 aromatic carbocycles. The van der Waals surface area contributed by atoms with Crippen LogP contribution in [0.25, 0.3) is 0 Å². The van der Waals surface area contributed by atoms with Crippen molar-refractivity contribution in [3.63, 3.8) is 0 Å². The van der Waals surface area contributed by atoms with Gasteiger partial charge in [-0.3, -0.25) is 9.59 Å². The molecule has 192 valence electrons. The Bertz CT molecular complexity index is 940. The van der Waals surface area contributed by atoms with Gasteiger partial charge in [0.15, 0.2) is 0 Å². The minimum atomic E-state index is -0.529. The van der Waals surface area contributed by atoms with Gasteiger partial charge in [-0.15, -0.1) is 0 Å². The third-order valence-corrected chi connectivity index (χ3v) is 7.62. The molecule has 2 fully saturated rings. The summed E-state index contributed by atoms with van der Waals surface area (Å²) in [4.78, 5) is 45.3. The number of rotatable bonds is 4. The van der Waals surface area contributed by atoms with Gasteiger partial charge in [-0.1, -0.05) is 31.0 Å². The van der Waals surface area contributed by atoms with Gasteiger partial charge in [-0.05, 0) is 70.4 Å². The summed E-state index contributed by atoms with van der Waals surface area (Å²) in [5, 5.41) is 0. The molecule has 3 atom stereocenters. The summed E-state index contributed by atoms with van der Waals surface area (Å²) in [6, 6.07) is 8.12. The number of benzene rings is 1. The van der Waals surface area contributed by atoms with Gasteiger partial charge in [0, 0.05) is 44.8 Å². The second-order valence-corrected chi connectivity index (χ2v) is 11.5. The zero-order valence-electron chi connectivity index (χ0n) is 21.8. The summed E-state index contributed by atoms with van der Waals surface area (Å²) < 4.78 is 5.49. The molecule has 0 spiro atoms. The van der Waals surface area contributed by atoms with Crippen molar-refractivity contribution in [1.82, 2.24) is 9.80 Å². The molecular weight excluding hydrogens is 442 g/mol. The number of ether oxygens (including phenoxy) is 1. The van der Waals surface area contributed by atoms with Crippen LogP contribution in [0.5, 0.6) is 0 Å². The van der Waals surface area contributed by atoms with E-state index >= 15 is 0 Å². The van der Waals surface area contributed by atoms with Crippen molar-refractivity contribution in [3.05, 3.63) is 29.8 Å². The maximum atomic E-state index is 13.7. The molecule has 0 N–H and O–H groups in total. The number of para-hydroxylation sites is 1. The van der Waals surface area contributed by atoms with Crippen LogP contribution in [0.3, 0.4) is 0 Å². The van der Waals surface area contributed by atoms with Crippen molar-refractivity contribution in [1.29, 1.82) is 0 Å². The molecule has 3 aliphatic rings. The molecule has 2 aliphatic heterocycles. The number of amides is 3. The number of anilines is 1. The SMILES string of the molecule is CN(CC1CCCN(C(=O)C2CCCCC2C(=O)N2CCc3ccccc32)C1)C(=O)OC(C)(C)C. The summed E-state index contributed by atoms with van der Waals surface area (Å²) in [6.07, 6.45) is 6.01. The molecule has 2 heterocycles. The highest BCUT2D eigenvalue weighted by Gasteiger charge is 2.42. The Kier molecular flexibility index (Phi) is 7.72. The van der Waals surface area contributed by atoms with E-state index in [2.05, 4.69) is 6.07 Å². The highest BCUT2D eigenvalue weighted by Crippen LogP contribution is 2.37. The molecule has 1 aromatic rings. The molecule has 4 rings (SSSR count). The van der Waals surface area contributed by atoms with Crippen LogP contribution >= 0.6 is 0 Å². The number of nitrogens with zero attached hydrogens (tertiary/aromatic N) is 3. The van der Waals surface area contributed by atoms with Crippen LogP contribution in [-0.2, 0) is 20.7 Å². The van der Waals surface area contributed by atoms with Gasteiger partial charge in [0.1, 0.15) is 5.60 Å². The lowest BCUT2D eigenvalue weighted by Gasteiger charge is -2.39. The number of piperidine rings is 1. The number of fused-ring (bicyclic) bond motifs is 1. The predicted octanol–water partition coefficient (Wildman–Crippen LogP) is 4.49. The Balaban J connectivity index is 1.40. The van der Waals surface area contributed by atoms with Crippen LogP contribution in [0.4, 0.5) is 10.5 Å². The van der Waals surface area contributed by atoms with Crippen molar-refractivity contribution < 1.29 is 19.1 Å². The smallest absolute Gasteiger partial charge is 0.410 e. The van der Waals surface area contributed by atoms with E-state index in [1.165, 1.54) is 5.56 Å². The van der Waals surface area contributed by atoms with Crippen LogP contribution in [0, 0.1) is 17.8 Å². The summed E-state index contributed by atoms with van der Waals surface area (Å²) in [7, 11) is 1.76. The monoisotopic (exact) mass is 483 g/mol. The number of hydrogen-bond acceptors (Lipinski definition) is 4. The third kappa shape index (κ3) is 5.99. The molecule has 7 nitrogen and oxygen atoms in total. The lowest BCUT2D eigenvalue weighted by Crippen LogP contribution is -2.50. The third-order valence-electron chi connectivity index (χ3n) is 7.62. The summed E-state index contributed by atoms with van der Waals surface area (Å²) in [5.41, 5.74) is 1.70. The van der Waals surface area contributed by atoms with Crippen LogP contribution in [0.15, 0.2) is 24.3 Å². The molecule has 0 radical (unpaired) electrons. The minimum Gasteiger partial charge on any atom is -0.444 e. The Labute approximate surface area is 209 Å². The van der Waals surface area contributed by atoms with E-state index in [-0.39, 0.29) is 35.7 Å². The molecule has 3 unspecified atom stereocenters.